The summed E-state index contributed by atoms with van der Waals surface area (Å²) in [6, 6.07) is 11.6. The first-order valence-corrected chi connectivity index (χ1v) is 9.24. The SMILES string of the molecule is Cc1cccc(CS(=O)(=O)NCC(c2cccn2C)N(C)C)c1. The molecule has 0 aliphatic carbocycles. The lowest BCUT2D eigenvalue weighted by Crippen LogP contribution is -2.36. The zero-order valence-electron chi connectivity index (χ0n) is 14.2. The first kappa shape index (κ1) is 17.7. The molecular weight excluding hydrogens is 310 g/mol. The van der Waals surface area contributed by atoms with Crippen molar-refractivity contribution in [1.29, 1.82) is 0 Å². The summed E-state index contributed by atoms with van der Waals surface area (Å²) in [5, 5.41) is 0. The quantitative estimate of drug-likeness (QED) is 0.843. The van der Waals surface area contributed by atoms with E-state index in [1.807, 2.05) is 80.1 Å². The number of hydrogen-bond donors (Lipinski definition) is 1. The molecule has 2 rings (SSSR count). The van der Waals surface area contributed by atoms with Crippen LogP contribution in [0.15, 0.2) is 42.6 Å². The van der Waals surface area contributed by atoms with Crippen LogP contribution in [0.3, 0.4) is 0 Å². The van der Waals surface area contributed by atoms with Crippen molar-refractivity contribution < 1.29 is 8.42 Å². The average molecular weight is 335 g/mol. The van der Waals surface area contributed by atoms with E-state index >= 15 is 0 Å². The van der Waals surface area contributed by atoms with Gasteiger partial charge in [-0.3, -0.25) is 4.90 Å². The van der Waals surface area contributed by atoms with Gasteiger partial charge in [0.05, 0.1) is 11.8 Å². The van der Waals surface area contributed by atoms with Crippen LogP contribution in [-0.2, 0) is 22.8 Å². The van der Waals surface area contributed by atoms with Crippen molar-refractivity contribution in [1.82, 2.24) is 14.2 Å². The molecule has 5 nitrogen and oxygen atoms in total. The van der Waals surface area contributed by atoms with Crippen LogP contribution in [0.5, 0.6) is 0 Å². The van der Waals surface area contributed by atoms with Gasteiger partial charge in [0.1, 0.15) is 0 Å². The topological polar surface area (TPSA) is 54.3 Å². The molecule has 126 valence electrons. The maximum Gasteiger partial charge on any atom is 0.215 e. The summed E-state index contributed by atoms with van der Waals surface area (Å²) in [4.78, 5) is 2.02. The molecule has 23 heavy (non-hydrogen) atoms. The smallest absolute Gasteiger partial charge is 0.215 e. The van der Waals surface area contributed by atoms with E-state index in [-0.39, 0.29) is 11.8 Å². The van der Waals surface area contributed by atoms with Gasteiger partial charge in [-0.2, -0.15) is 0 Å². The van der Waals surface area contributed by atoms with E-state index in [0.29, 0.717) is 6.54 Å². The lowest BCUT2D eigenvalue weighted by Gasteiger charge is -2.25. The maximum atomic E-state index is 12.4. The molecule has 1 aromatic heterocycles. The Morgan fingerprint density at radius 3 is 2.52 bits per heavy atom. The van der Waals surface area contributed by atoms with E-state index < -0.39 is 10.0 Å². The van der Waals surface area contributed by atoms with Crippen LogP contribution in [-0.4, -0.2) is 38.5 Å². The van der Waals surface area contributed by atoms with Crippen molar-refractivity contribution in [2.24, 2.45) is 7.05 Å². The van der Waals surface area contributed by atoms with Crippen LogP contribution < -0.4 is 4.72 Å². The van der Waals surface area contributed by atoms with Gasteiger partial charge in [0, 0.05) is 25.5 Å². The summed E-state index contributed by atoms with van der Waals surface area (Å²) < 4.78 is 29.5. The lowest BCUT2D eigenvalue weighted by molar-refractivity contribution is 0.289. The van der Waals surface area contributed by atoms with Crippen LogP contribution in [0, 0.1) is 6.92 Å². The van der Waals surface area contributed by atoms with Gasteiger partial charge in [-0.05, 0) is 38.7 Å². The molecule has 1 atom stereocenters. The molecule has 0 amide bonds. The van der Waals surface area contributed by atoms with Crippen LogP contribution in [0.1, 0.15) is 22.9 Å². The van der Waals surface area contributed by atoms with Gasteiger partial charge in [-0.25, -0.2) is 13.1 Å². The zero-order chi connectivity index (χ0) is 17.0. The first-order chi connectivity index (χ1) is 10.8. The third-order valence-electron chi connectivity index (χ3n) is 3.88. The van der Waals surface area contributed by atoms with E-state index in [1.165, 1.54) is 0 Å². The molecule has 2 aromatic rings. The summed E-state index contributed by atoms with van der Waals surface area (Å²) in [5.74, 6) is 0.00195. The number of sulfonamides is 1. The van der Waals surface area contributed by atoms with Gasteiger partial charge in [0.25, 0.3) is 0 Å². The number of nitrogens with zero attached hydrogens (tertiary/aromatic N) is 2. The standard InChI is InChI=1S/C17H25N3O2S/c1-14-7-5-8-15(11-14)13-23(21,22)18-12-17(19(2)3)16-9-6-10-20(16)4/h5-11,17-18H,12-13H2,1-4H3. The fraction of sp³-hybridized carbons (Fsp3) is 0.412. The minimum absolute atomic E-state index is 0.00195. The van der Waals surface area contributed by atoms with E-state index in [1.54, 1.807) is 0 Å². The Morgan fingerprint density at radius 1 is 1.22 bits per heavy atom. The first-order valence-electron chi connectivity index (χ1n) is 7.59. The van der Waals surface area contributed by atoms with Crippen molar-refractivity contribution in [3.05, 3.63) is 59.4 Å². The van der Waals surface area contributed by atoms with Crippen LogP contribution >= 0.6 is 0 Å². The van der Waals surface area contributed by atoms with Gasteiger partial charge < -0.3 is 4.57 Å². The lowest BCUT2D eigenvalue weighted by atomic mass is 10.2. The molecule has 6 heteroatoms. The number of nitrogens with one attached hydrogen (secondary N) is 1. The average Bonchev–Trinajstić information content (AvgIpc) is 2.84. The summed E-state index contributed by atoms with van der Waals surface area (Å²) >= 11 is 0. The second-order valence-corrected chi connectivity index (χ2v) is 7.93. The molecular formula is C17H25N3O2S. The van der Waals surface area contributed by atoms with Gasteiger partial charge >= 0.3 is 0 Å². The Kier molecular flexibility index (Phi) is 5.62. The Labute approximate surface area is 139 Å². The number of likely N-dealkylation sites (N-methyl/N-ethyl adjacent to an activating group) is 1. The molecule has 0 spiro atoms. The maximum absolute atomic E-state index is 12.4. The number of benzene rings is 1. The predicted octanol–water partition coefficient (Wildman–Crippen LogP) is 2.06. The minimum atomic E-state index is -3.37. The molecule has 0 radical (unpaired) electrons. The highest BCUT2D eigenvalue weighted by molar-refractivity contribution is 7.88. The van der Waals surface area contributed by atoms with E-state index in [9.17, 15) is 8.42 Å². The Balaban J connectivity index is 2.06. The largest absolute Gasteiger partial charge is 0.353 e. The fourth-order valence-electron chi connectivity index (χ4n) is 2.65. The third kappa shape index (κ3) is 4.92. The summed E-state index contributed by atoms with van der Waals surface area (Å²) in [7, 11) is 2.50. The Hall–Kier alpha value is -1.63. The van der Waals surface area contributed by atoms with Gasteiger partial charge in [-0.15, -0.1) is 0 Å². The minimum Gasteiger partial charge on any atom is -0.353 e. The predicted molar refractivity (Wildman–Crippen MR) is 93.6 cm³/mol. The molecule has 0 fully saturated rings. The molecule has 0 saturated carbocycles. The van der Waals surface area contributed by atoms with Gasteiger partial charge in [0.15, 0.2) is 0 Å². The molecule has 1 heterocycles. The molecule has 1 N–H and O–H groups in total. The normalized spacial score (nSPS) is 13.4. The molecule has 0 aliphatic heterocycles. The Morgan fingerprint density at radius 2 is 1.96 bits per heavy atom. The molecule has 1 unspecified atom stereocenters. The number of hydrogen-bond acceptors (Lipinski definition) is 3. The molecule has 0 bridgehead atoms. The van der Waals surface area contributed by atoms with E-state index in [2.05, 4.69) is 4.72 Å². The molecule has 0 aliphatic rings. The summed E-state index contributed by atoms with van der Waals surface area (Å²) in [6.07, 6.45) is 1.97. The monoisotopic (exact) mass is 335 g/mol. The molecule has 1 aromatic carbocycles. The van der Waals surface area contributed by atoms with Crippen molar-refractivity contribution in [3.63, 3.8) is 0 Å². The van der Waals surface area contributed by atoms with Gasteiger partial charge in [-0.1, -0.05) is 29.8 Å². The highest BCUT2D eigenvalue weighted by Crippen LogP contribution is 2.18. The van der Waals surface area contributed by atoms with E-state index in [4.69, 9.17) is 0 Å². The van der Waals surface area contributed by atoms with Crippen molar-refractivity contribution in [2.75, 3.05) is 20.6 Å². The Bertz CT molecular complexity index is 751. The summed E-state index contributed by atoms with van der Waals surface area (Å²) in [5.41, 5.74) is 2.94. The number of aryl methyl sites for hydroxylation is 2. The second kappa shape index (κ2) is 7.29. The summed E-state index contributed by atoms with van der Waals surface area (Å²) in [6.45, 7) is 2.31. The highest BCUT2D eigenvalue weighted by Gasteiger charge is 2.20. The fourth-order valence-corrected chi connectivity index (χ4v) is 3.78. The number of aromatic nitrogens is 1. The van der Waals surface area contributed by atoms with Crippen LogP contribution in [0.25, 0.3) is 0 Å². The van der Waals surface area contributed by atoms with E-state index in [0.717, 1.165) is 16.8 Å². The van der Waals surface area contributed by atoms with Crippen molar-refractivity contribution >= 4 is 10.0 Å². The second-order valence-electron chi connectivity index (χ2n) is 6.12. The third-order valence-corrected chi connectivity index (χ3v) is 5.20. The van der Waals surface area contributed by atoms with Gasteiger partial charge in [0.2, 0.25) is 10.0 Å². The van der Waals surface area contributed by atoms with Crippen LogP contribution in [0.2, 0.25) is 0 Å². The highest BCUT2D eigenvalue weighted by atomic mass is 32.2. The van der Waals surface area contributed by atoms with Crippen molar-refractivity contribution in [3.8, 4) is 0 Å². The zero-order valence-corrected chi connectivity index (χ0v) is 15.0. The van der Waals surface area contributed by atoms with Crippen molar-refractivity contribution in [2.45, 2.75) is 18.7 Å². The molecule has 0 saturated heterocycles. The van der Waals surface area contributed by atoms with Crippen LogP contribution in [0.4, 0.5) is 0 Å². The number of rotatable bonds is 7.